The fraction of sp³-hybridized carbons (Fsp3) is 0.520. The summed E-state index contributed by atoms with van der Waals surface area (Å²) in [6, 6.07) is 7.69. The van der Waals surface area contributed by atoms with E-state index in [1.165, 1.54) is 0 Å². The largest absolute Gasteiger partial charge is 0.370 e. The van der Waals surface area contributed by atoms with Crippen LogP contribution in [-0.4, -0.2) is 48.4 Å². The lowest BCUT2D eigenvalue weighted by atomic mass is 9.61. The monoisotopic (exact) mass is 432 g/mol. The number of hydrogen-bond acceptors (Lipinski definition) is 6. The van der Waals surface area contributed by atoms with E-state index in [4.69, 9.17) is 4.74 Å². The molecule has 1 unspecified atom stereocenters. The van der Waals surface area contributed by atoms with Crippen LogP contribution in [0, 0.1) is 17.8 Å². The highest BCUT2D eigenvalue weighted by Gasteiger charge is 2.63. The van der Waals surface area contributed by atoms with Crippen molar-refractivity contribution >= 4 is 11.7 Å². The first-order valence-electron chi connectivity index (χ1n) is 11.4. The third-order valence-corrected chi connectivity index (χ3v) is 7.76. The molecule has 2 spiro atoms. The molecule has 1 aliphatic carbocycles. The van der Waals surface area contributed by atoms with Crippen LogP contribution in [0.25, 0.3) is 0 Å². The van der Waals surface area contributed by atoms with Gasteiger partial charge in [0.15, 0.2) is 11.6 Å². The zero-order valence-electron chi connectivity index (χ0n) is 18.8. The number of ketones is 1. The fourth-order valence-electron chi connectivity index (χ4n) is 6.33. The van der Waals surface area contributed by atoms with Crippen molar-refractivity contribution in [2.75, 3.05) is 26.2 Å². The number of fused-ring (bicyclic) bond motifs is 2. The fourth-order valence-corrected chi connectivity index (χ4v) is 6.33. The quantitative estimate of drug-likeness (QED) is 0.736. The van der Waals surface area contributed by atoms with Crippen molar-refractivity contribution < 1.29 is 14.3 Å². The minimum Gasteiger partial charge on any atom is -0.370 e. The Morgan fingerprint density at radius 3 is 2.75 bits per heavy atom. The van der Waals surface area contributed by atoms with E-state index in [2.05, 4.69) is 29.4 Å². The summed E-state index contributed by atoms with van der Waals surface area (Å²) in [6.07, 6.45) is 2.05. The third-order valence-electron chi connectivity index (χ3n) is 7.76. The van der Waals surface area contributed by atoms with E-state index >= 15 is 0 Å². The van der Waals surface area contributed by atoms with Crippen LogP contribution in [0.2, 0.25) is 0 Å². The maximum atomic E-state index is 13.4. The minimum absolute atomic E-state index is 0.0461. The second kappa shape index (κ2) is 6.38. The second-order valence-electron chi connectivity index (χ2n) is 10.9. The molecular weight excluding hydrogens is 404 g/mol. The van der Waals surface area contributed by atoms with Crippen molar-refractivity contribution in [3.05, 3.63) is 58.1 Å². The molecule has 0 aromatic heterocycles. The smallest absolute Gasteiger partial charge is 0.254 e. The van der Waals surface area contributed by atoms with Crippen LogP contribution in [0.5, 0.6) is 0 Å². The maximum Gasteiger partial charge on any atom is 0.254 e. The number of aryl methyl sites for hydroxylation is 1. The zero-order chi connectivity index (χ0) is 22.3. The lowest BCUT2D eigenvalue weighted by molar-refractivity contribution is -0.119. The average molecular weight is 433 g/mol. The number of Topliss-reactive ketones (excluding diaryl/α,β-unsaturated/α-hetero) is 1. The number of nitrogens with zero attached hydrogens (tertiary/aromatic N) is 3. The van der Waals surface area contributed by atoms with Crippen molar-refractivity contribution in [3.63, 3.8) is 0 Å². The molecule has 2 saturated heterocycles. The Morgan fingerprint density at radius 1 is 1.19 bits per heavy atom. The average Bonchev–Trinajstić information content (AvgIpc) is 3.31. The van der Waals surface area contributed by atoms with Crippen LogP contribution in [0.3, 0.4) is 0 Å². The predicted molar refractivity (Wildman–Crippen MR) is 118 cm³/mol. The van der Waals surface area contributed by atoms with Gasteiger partial charge >= 0.3 is 0 Å². The normalized spacial score (nSPS) is 29.3. The lowest BCUT2D eigenvalue weighted by Gasteiger charge is -2.49. The molecule has 32 heavy (non-hydrogen) atoms. The van der Waals surface area contributed by atoms with Gasteiger partial charge in [-0.2, -0.15) is 5.11 Å². The molecule has 1 aromatic rings. The number of allylic oxidation sites excluding steroid dienone is 1. The molecule has 2 fully saturated rings. The number of nitrogens with one attached hydrogen (secondary N) is 1. The van der Waals surface area contributed by atoms with Gasteiger partial charge in [0.1, 0.15) is 5.60 Å². The van der Waals surface area contributed by atoms with Crippen molar-refractivity contribution in [3.8, 4) is 0 Å². The summed E-state index contributed by atoms with van der Waals surface area (Å²) in [7, 11) is 0. The van der Waals surface area contributed by atoms with Gasteiger partial charge in [-0.1, -0.05) is 32.0 Å². The highest BCUT2D eigenvalue weighted by atomic mass is 16.5. The first kappa shape index (κ1) is 19.9. The summed E-state index contributed by atoms with van der Waals surface area (Å²) in [5.74, 6) is 1.04. The van der Waals surface area contributed by atoms with E-state index in [9.17, 15) is 9.59 Å². The number of rotatable bonds is 1. The van der Waals surface area contributed by atoms with Gasteiger partial charge in [0, 0.05) is 28.8 Å². The van der Waals surface area contributed by atoms with Crippen molar-refractivity contribution in [1.82, 2.24) is 10.2 Å². The molecule has 0 bridgehead atoms. The SMILES string of the molecule is Cc1ccccc1C(=O)N1CC2(C1)CC1(CO2)C2=C(N=NC2)NC2=C1C(=O)CC(C)(C)C2. The molecule has 7 nitrogen and oxygen atoms in total. The van der Waals surface area contributed by atoms with E-state index in [1.807, 2.05) is 36.1 Å². The van der Waals surface area contributed by atoms with Crippen molar-refractivity contribution in [2.45, 2.75) is 45.6 Å². The molecule has 166 valence electrons. The Morgan fingerprint density at radius 2 is 1.97 bits per heavy atom. The van der Waals surface area contributed by atoms with Gasteiger partial charge in [0.2, 0.25) is 0 Å². The number of azo groups is 1. The van der Waals surface area contributed by atoms with Crippen molar-refractivity contribution in [1.29, 1.82) is 0 Å². The Labute approximate surface area is 187 Å². The van der Waals surface area contributed by atoms with E-state index in [1.54, 1.807) is 0 Å². The Hall–Kier alpha value is -2.80. The maximum absolute atomic E-state index is 13.4. The molecular formula is C25H28N4O3. The molecule has 0 radical (unpaired) electrons. The molecule has 7 heteroatoms. The molecule has 4 aliphatic heterocycles. The van der Waals surface area contributed by atoms with Crippen molar-refractivity contribution in [2.24, 2.45) is 21.1 Å². The van der Waals surface area contributed by atoms with Crippen LogP contribution in [0.4, 0.5) is 0 Å². The summed E-state index contributed by atoms with van der Waals surface area (Å²) >= 11 is 0. The van der Waals surface area contributed by atoms with E-state index < -0.39 is 11.0 Å². The van der Waals surface area contributed by atoms with Gasteiger partial charge in [-0.15, -0.1) is 5.11 Å². The number of hydrogen-bond donors (Lipinski definition) is 1. The van der Waals surface area contributed by atoms with Gasteiger partial charge in [0.05, 0.1) is 31.7 Å². The standard InChI is InChI=1S/C25H28N4O3/c1-15-6-4-5-7-16(15)22(31)29-12-24(13-29)11-25(14-32-24)17-10-26-28-21(17)27-18-8-23(2,3)9-19(30)20(18)25/h4-7,27H,8-14H2,1-3H3. The van der Waals surface area contributed by atoms with Crippen LogP contribution in [0.1, 0.15) is 49.0 Å². The number of carbonyl (C=O) groups excluding carboxylic acids is 2. The number of amides is 1. The summed E-state index contributed by atoms with van der Waals surface area (Å²) in [5.41, 5.74) is 3.68. The Balaban J connectivity index is 1.30. The molecule has 1 aromatic carbocycles. The van der Waals surface area contributed by atoms with Gasteiger partial charge in [0.25, 0.3) is 5.91 Å². The number of dihydropyridines is 1. The zero-order valence-corrected chi connectivity index (χ0v) is 18.8. The Bertz CT molecular complexity index is 1160. The molecule has 5 aliphatic rings. The summed E-state index contributed by atoms with van der Waals surface area (Å²) in [6.45, 7) is 8.29. The lowest BCUT2D eigenvalue weighted by Crippen LogP contribution is -2.63. The predicted octanol–water partition coefficient (Wildman–Crippen LogP) is 3.52. The number of ether oxygens (including phenoxy) is 1. The van der Waals surface area contributed by atoms with Crippen LogP contribution >= 0.6 is 0 Å². The van der Waals surface area contributed by atoms with Crippen LogP contribution in [-0.2, 0) is 9.53 Å². The summed E-state index contributed by atoms with van der Waals surface area (Å²) in [4.78, 5) is 28.3. The van der Waals surface area contributed by atoms with Gasteiger partial charge in [-0.25, -0.2) is 0 Å². The van der Waals surface area contributed by atoms with Gasteiger partial charge in [-0.3, -0.25) is 9.59 Å². The first-order chi connectivity index (χ1) is 15.2. The van der Waals surface area contributed by atoms with E-state index in [-0.39, 0.29) is 17.1 Å². The van der Waals surface area contributed by atoms with Crippen LogP contribution < -0.4 is 5.32 Å². The third kappa shape index (κ3) is 2.70. The summed E-state index contributed by atoms with van der Waals surface area (Å²) < 4.78 is 6.45. The van der Waals surface area contributed by atoms with E-state index in [0.717, 1.165) is 40.2 Å². The van der Waals surface area contributed by atoms with Gasteiger partial charge in [-0.05, 0) is 36.8 Å². The first-order valence-corrected chi connectivity index (χ1v) is 11.4. The molecule has 1 N–H and O–H groups in total. The summed E-state index contributed by atoms with van der Waals surface area (Å²) in [5, 5.41) is 12.1. The Kier molecular flexibility index (Phi) is 3.96. The molecule has 1 atom stereocenters. The highest BCUT2D eigenvalue weighted by molar-refractivity contribution is 6.00. The van der Waals surface area contributed by atoms with E-state index in [0.29, 0.717) is 39.1 Å². The number of benzene rings is 1. The molecule has 1 amide bonds. The molecule has 0 saturated carbocycles. The molecule has 4 heterocycles. The number of likely N-dealkylation sites (tertiary alicyclic amines) is 1. The highest BCUT2D eigenvalue weighted by Crippen LogP contribution is 2.58. The molecule has 6 rings (SSSR count). The van der Waals surface area contributed by atoms with Gasteiger partial charge < -0.3 is 15.0 Å². The second-order valence-corrected chi connectivity index (χ2v) is 10.9. The number of carbonyl (C=O) groups is 2. The van der Waals surface area contributed by atoms with Crippen LogP contribution in [0.15, 0.2) is 57.2 Å². The topological polar surface area (TPSA) is 83.4 Å². The minimum atomic E-state index is -0.481.